The van der Waals surface area contributed by atoms with Crippen molar-refractivity contribution in [3.05, 3.63) is 12.3 Å². The van der Waals surface area contributed by atoms with Crippen LogP contribution in [-0.2, 0) is 0 Å². The van der Waals surface area contributed by atoms with E-state index in [9.17, 15) is 0 Å². The van der Waals surface area contributed by atoms with Crippen molar-refractivity contribution < 1.29 is 0 Å². The molecule has 80 valence electrons. The van der Waals surface area contributed by atoms with Crippen molar-refractivity contribution in [2.45, 2.75) is 18.6 Å². The Bertz CT molecular complexity index is 246. The first kappa shape index (κ1) is 11.0. The zero-order valence-electron chi connectivity index (χ0n) is 8.83. The molecule has 0 spiro atoms. The predicted octanol–water partition coefficient (Wildman–Crippen LogP) is -0.585. The molecule has 0 saturated heterocycles. The van der Waals surface area contributed by atoms with E-state index < -0.39 is 5.79 Å². The van der Waals surface area contributed by atoms with Crippen LogP contribution in [0.4, 0.5) is 0 Å². The van der Waals surface area contributed by atoms with Crippen LogP contribution < -0.4 is 16.8 Å². The van der Waals surface area contributed by atoms with E-state index in [0.717, 1.165) is 19.4 Å². The van der Waals surface area contributed by atoms with Gasteiger partial charge in [0, 0.05) is 12.6 Å². The number of nitrogens with one attached hydrogen (secondary N) is 1. The van der Waals surface area contributed by atoms with Gasteiger partial charge in [-0.1, -0.05) is 0 Å². The molecule has 5 heteroatoms. The van der Waals surface area contributed by atoms with Gasteiger partial charge in [0.25, 0.3) is 0 Å². The Balaban J connectivity index is 2.39. The lowest BCUT2D eigenvalue weighted by Gasteiger charge is -2.28. The van der Waals surface area contributed by atoms with Crippen LogP contribution in [0.15, 0.2) is 17.3 Å². The third-order valence-electron chi connectivity index (χ3n) is 2.08. The Morgan fingerprint density at radius 1 is 1.57 bits per heavy atom. The van der Waals surface area contributed by atoms with Gasteiger partial charge in [-0.25, -0.2) is 4.99 Å². The van der Waals surface area contributed by atoms with E-state index in [4.69, 9.17) is 11.5 Å². The fourth-order valence-electron chi connectivity index (χ4n) is 1.36. The lowest BCUT2D eigenvalue weighted by atomic mass is 10.1. The first-order valence-corrected chi connectivity index (χ1v) is 4.75. The third-order valence-corrected chi connectivity index (χ3v) is 2.08. The topological polar surface area (TPSA) is 79.7 Å². The van der Waals surface area contributed by atoms with Crippen molar-refractivity contribution in [1.29, 1.82) is 0 Å². The molecule has 5 nitrogen and oxygen atoms in total. The molecule has 0 aromatic rings. The highest BCUT2D eigenvalue weighted by Gasteiger charge is 2.23. The summed E-state index contributed by atoms with van der Waals surface area (Å²) in [5, 5.41) is 3.01. The monoisotopic (exact) mass is 197 g/mol. The van der Waals surface area contributed by atoms with Gasteiger partial charge in [0.15, 0.2) is 5.79 Å². The first-order valence-electron chi connectivity index (χ1n) is 4.75. The van der Waals surface area contributed by atoms with Gasteiger partial charge in [-0.2, -0.15) is 0 Å². The highest BCUT2D eigenvalue weighted by molar-refractivity contribution is 5.92. The van der Waals surface area contributed by atoms with E-state index in [0.29, 0.717) is 5.84 Å². The van der Waals surface area contributed by atoms with Crippen molar-refractivity contribution in [3.8, 4) is 0 Å². The normalized spacial score (nSPS) is 26.1. The van der Waals surface area contributed by atoms with E-state index in [-0.39, 0.29) is 0 Å². The molecule has 1 aliphatic rings. The van der Waals surface area contributed by atoms with Crippen LogP contribution in [0.25, 0.3) is 0 Å². The second-order valence-electron chi connectivity index (χ2n) is 3.85. The average Bonchev–Trinajstić information content (AvgIpc) is 2.01. The van der Waals surface area contributed by atoms with Crippen LogP contribution in [0.5, 0.6) is 0 Å². The van der Waals surface area contributed by atoms with Gasteiger partial charge in [-0.15, -0.1) is 0 Å². The summed E-state index contributed by atoms with van der Waals surface area (Å²) in [4.78, 5) is 6.29. The molecule has 0 aromatic carbocycles. The summed E-state index contributed by atoms with van der Waals surface area (Å²) in [5.41, 5.74) is 11.6. The van der Waals surface area contributed by atoms with E-state index in [1.54, 1.807) is 12.3 Å². The predicted molar refractivity (Wildman–Crippen MR) is 58.6 cm³/mol. The smallest absolute Gasteiger partial charge is 0.184 e. The largest absolute Gasteiger partial charge is 0.384 e. The van der Waals surface area contributed by atoms with Crippen LogP contribution in [0.1, 0.15) is 12.8 Å². The van der Waals surface area contributed by atoms with Gasteiger partial charge < -0.3 is 16.0 Å². The minimum Gasteiger partial charge on any atom is -0.384 e. The zero-order valence-corrected chi connectivity index (χ0v) is 8.83. The SMILES string of the molecule is CN(C)CCCC1(N)N=C(N)C=CN1. The lowest BCUT2D eigenvalue weighted by Crippen LogP contribution is -2.52. The molecule has 1 heterocycles. The van der Waals surface area contributed by atoms with Crippen LogP contribution in [0.2, 0.25) is 0 Å². The minimum absolute atomic E-state index is 0.483. The molecule has 1 aliphatic heterocycles. The Morgan fingerprint density at radius 2 is 2.29 bits per heavy atom. The number of nitrogens with two attached hydrogens (primary N) is 2. The fraction of sp³-hybridized carbons (Fsp3) is 0.667. The van der Waals surface area contributed by atoms with Gasteiger partial charge in [0.1, 0.15) is 5.84 Å². The molecule has 0 radical (unpaired) electrons. The Labute approximate surface area is 84.8 Å². The van der Waals surface area contributed by atoms with Crippen LogP contribution in [-0.4, -0.2) is 37.2 Å². The van der Waals surface area contributed by atoms with Crippen LogP contribution in [0, 0.1) is 0 Å². The van der Waals surface area contributed by atoms with Gasteiger partial charge in [-0.05, 0) is 33.1 Å². The maximum atomic E-state index is 5.99. The van der Waals surface area contributed by atoms with Crippen molar-refractivity contribution in [2.24, 2.45) is 16.5 Å². The first-order chi connectivity index (χ1) is 6.52. The molecular formula is C9H19N5. The number of rotatable bonds is 4. The van der Waals surface area contributed by atoms with E-state index in [1.807, 2.05) is 14.1 Å². The summed E-state index contributed by atoms with van der Waals surface area (Å²) in [6, 6.07) is 0. The third kappa shape index (κ3) is 3.35. The lowest BCUT2D eigenvalue weighted by molar-refractivity contribution is 0.316. The van der Waals surface area contributed by atoms with Gasteiger partial charge in [-0.3, -0.25) is 5.73 Å². The maximum absolute atomic E-state index is 5.99. The zero-order chi connectivity index (χ0) is 10.6. The molecule has 0 bridgehead atoms. The Kier molecular flexibility index (Phi) is 3.49. The van der Waals surface area contributed by atoms with Gasteiger partial charge in [0.05, 0.1) is 0 Å². The molecule has 1 unspecified atom stereocenters. The van der Waals surface area contributed by atoms with Crippen LogP contribution in [0.3, 0.4) is 0 Å². The molecular weight excluding hydrogens is 178 g/mol. The quantitative estimate of drug-likeness (QED) is 0.563. The standard InChI is InChI=1S/C9H19N5/c1-14(2)7-3-5-9(11)12-6-4-8(10)13-9/h4,6,12H,3,5,7,11H2,1-2H3,(H2,10,13). The van der Waals surface area contributed by atoms with Crippen molar-refractivity contribution in [2.75, 3.05) is 20.6 Å². The molecule has 0 fully saturated rings. The number of hydrogen-bond acceptors (Lipinski definition) is 5. The Morgan fingerprint density at radius 3 is 2.86 bits per heavy atom. The summed E-state index contributed by atoms with van der Waals surface area (Å²) in [7, 11) is 4.07. The maximum Gasteiger partial charge on any atom is 0.184 e. The molecule has 0 aromatic heterocycles. The molecule has 0 amide bonds. The summed E-state index contributed by atoms with van der Waals surface area (Å²) >= 11 is 0. The summed E-state index contributed by atoms with van der Waals surface area (Å²) < 4.78 is 0. The number of hydrogen-bond donors (Lipinski definition) is 3. The number of amidine groups is 1. The molecule has 0 aliphatic carbocycles. The average molecular weight is 197 g/mol. The molecule has 0 saturated carbocycles. The van der Waals surface area contributed by atoms with Gasteiger partial charge in [0.2, 0.25) is 0 Å². The highest BCUT2D eigenvalue weighted by atomic mass is 15.3. The fourth-order valence-corrected chi connectivity index (χ4v) is 1.36. The number of aliphatic imine (C=N–C) groups is 1. The summed E-state index contributed by atoms with van der Waals surface area (Å²) in [6.07, 6.45) is 5.21. The van der Waals surface area contributed by atoms with Crippen molar-refractivity contribution in [1.82, 2.24) is 10.2 Å². The molecule has 5 N–H and O–H groups in total. The van der Waals surface area contributed by atoms with E-state index >= 15 is 0 Å². The van der Waals surface area contributed by atoms with E-state index in [2.05, 4.69) is 15.2 Å². The minimum atomic E-state index is -0.713. The molecule has 1 rings (SSSR count). The highest BCUT2D eigenvalue weighted by Crippen LogP contribution is 2.11. The summed E-state index contributed by atoms with van der Waals surface area (Å²) in [6.45, 7) is 1.000. The second-order valence-corrected chi connectivity index (χ2v) is 3.85. The van der Waals surface area contributed by atoms with Crippen molar-refractivity contribution >= 4 is 5.84 Å². The Hall–Kier alpha value is -1.07. The second kappa shape index (κ2) is 4.43. The number of nitrogens with zero attached hydrogens (tertiary/aromatic N) is 2. The van der Waals surface area contributed by atoms with E-state index in [1.165, 1.54) is 0 Å². The molecule has 14 heavy (non-hydrogen) atoms. The summed E-state index contributed by atoms with van der Waals surface area (Å²) in [5.74, 6) is -0.231. The van der Waals surface area contributed by atoms with Crippen LogP contribution >= 0.6 is 0 Å². The molecule has 1 atom stereocenters. The van der Waals surface area contributed by atoms with Crippen molar-refractivity contribution in [3.63, 3.8) is 0 Å². The van der Waals surface area contributed by atoms with Gasteiger partial charge >= 0.3 is 0 Å².